The Morgan fingerprint density at radius 2 is 2.30 bits per heavy atom. The fourth-order valence-electron chi connectivity index (χ4n) is 1.75. The highest BCUT2D eigenvalue weighted by atomic mass is 32.2. The molecule has 1 fully saturated rings. The van der Waals surface area contributed by atoms with Crippen LogP contribution < -0.4 is 15.4 Å². The molecular weight excluding hydrogens is 288 g/mol. The molecule has 0 aliphatic carbocycles. The standard InChI is InChI=1S/C10H14N4O5S/c1-20(16,17)9-5-14(2-3-18-9)7-4-8(13-6-12-7)19-10(11)15/h4,6,9H,2-3,5H2,1H3,(H2,11,15). The summed E-state index contributed by atoms with van der Waals surface area (Å²) < 4.78 is 32.9. The molecular formula is C10H14N4O5S. The van der Waals surface area contributed by atoms with Crippen LogP contribution in [-0.4, -0.2) is 55.9 Å². The fraction of sp³-hybridized carbons (Fsp3) is 0.500. The van der Waals surface area contributed by atoms with Gasteiger partial charge in [0, 0.05) is 18.9 Å². The molecule has 2 rings (SSSR count). The second-order valence-electron chi connectivity index (χ2n) is 4.21. The van der Waals surface area contributed by atoms with Crippen LogP contribution >= 0.6 is 0 Å². The molecule has 2 heterocycles. The number of anilines is 1. The van der Waals surface area contributed by atoms with Gasteiger partial charge in [-0.2, -0.15) is 0 Å². The zero-order valence-electron chi connectivity index (χ0n) is 10.7. The lowest BCUT2D eigenvalue weighted by molar-refractivity contribution is 0.0913. The Morgan fingerprint density at radius 1 is 1.55 bits per heavy atom. The summed E-state index contributed by atoms with van der Waals surface area (Å²) in [6.07, 6.45) is 1.34. The van der Waals surface area contributed by atoms with Crippen LogP contribution in [0.3, 0.4) is 0 Å². The van der Waals surface area contributed by atoms with Crippen LogP contribution in [0, 0.1) is 0 Å². The molecule has 0 spiro atoms. The number of sulfone groups is 1. The molecule has 1 aromatic rings. The number of hydrogen-bond donors (Lipinski definition) is 1. The highest BCUT2D eigenvalue weighted by Gasteiger charge is 2.29. The van der Waals surface area contributed by atoms with E-state index in [9.17, 15) is 13.2 Å². The predicted octanol–water partition coefficient (Wildman–Crippen LogP) is -0.859. The first-order valence-corrected chi connectivity index (χ1v) is 7.66. The molecule has 1 aliphatic heterocycles. The van der Waals surface area contributed by atoms with Gasteiger partial charge in [-0.05, 0) is 0 Å². The van der Waals surface area contributed by atoms with Crippen LogP contribution in [0.25, 0.3) is 0 Å². The second-order valence-corrected chi connectivity index (χ2v) is 6.40. The lowest BCUT2D eigenvalue weighted by atomic mass is 10.4. The molecule has 1 saturated heterocycles. The molecule has 20 heavy (non-hydrogen) atoms. The highest BCUT2D eigenvalue weighted by molar-refractivity contribution is 7.91. The van der Waals surface area contributed by atoms with Crippen LogP contribution in [0.4, 0.5) is 10.6 Å². The number of ether oxygens (including phenoxy) is 2. The molecule has 0 radical (unpaired) electrons. The SMILES string of the molecule is CS(=O)(=O)C1CN(c2cc(OC(N)=O)ncn2)CCO1. The Bertz CT molecular complexity index is 605. The van der Waals surface area contributed by atoms with E-state index in [0.29, 0.717) is 12.4 Å². The first kappa shape index (κ1) is 14.5. The number of morpholine rings is 1. The number of carbonyl (C=O) groups is 1. The normalized spacial score (nSPS) is 19.6. The summed E-state index contributed by atoms with van der Waals surface area (Å²) in [6.45, 7) is 0.874. The topological polar surface area (TPSA) is 125 Å². The summed E-state index contributed by atoms with van der Waals surface area (Å²) in [5.41, 5.74) is 3.99. The zero-order chi connectivity index (χ0) is 14.8. The van der Waals surface area contributed by atoms with Crippen molar-refractivity contribution >= 4 is 21.7 Å². The molecule has 1 unspecified atom stereocenters. The lowest BCUT2D eigenvalue weighted by Crippen LogP contribution is -2.46. The van der Waals surface area contributed by atoms with Crippen LogP contribution in [0.1, 0.15) is 0 Å². The van der Waals surface area contributed by atoms with E-state index in [-0.39, 0.29) is 19.0 Å². The monoisotopic (exact) mass is 302 g/mol. The van der Waals surface area contributed by atoms with E-state index in [1.165, 1.54) is 12.4 Å². The maximum absolute atomic E-state index is 11.5. The van der Waals surface area contributed by atoms with Crippen molar-refractivity contribution in [2.24, 2.45) is 5.73 Å². The summed E-state index contributed by atoms with van der Waals surface area (Å²) in [7, 11) is -3.31. The van der Waals surface area contributed by atoms with Gasteiger partial charge in [-0.25, -0.2) is 23.2 Å². The number of carbonyl (C=O) groups excluding carboxylic acids is 1. The minimum absolute atomic E-state index is 0.00453. The minimum Gasteiger partial charge on any atom is -0.391 e. The van der Waals surface area contributed by atoms with Crippen molar-refractivity contribution in [3.63, 3.8) is 0 Å². The number of primary amides is 1. The number of nitrogens with two attached hydrogens (primary N) is 1. The van der Waals surface area contributed by atoms with Crippen LogP contribution in [0.2, 0.25) is 0 Å². The molecule has 1 aromatic heterocycles. The van der Waals surface area contributed by atoms with Gasteiger partial charge in [-0.15, -0.1) is 0 Å². The van der Waals surface area contributed by atoms with Gasteiger partial charge in [0.2, 0.25) is 5.88 Å². The summed E-state index contributed by atoms with van der Waals surface area (Å²) in [6, 6.07) is 1.41. The van der Waals surface area contributed by atoms with Gasteiger partial charge >= 0.3 is 6.09 Å². The Labute approximate surface area is 115 Å². The lowest BCUT2D eigenvalue weighted by Gasteiger charge is -2.32. The van der Waals surface area contributed by atoms with Crippen molar-refractivity contribution in [1.82, 2.24) is 9.97 Å². The molecule has 1 atom stereocenters. The number of rotatable bonds is 3. The van der Waals surface area contributed by atoms with Crippen LogP contribution in [-0.2, 0) is 14.6 Å². The average molecular weight is 302 g/mol. The molecule has 9 nitrogen and oxygen atoms in total. The molecule has 1 aliphatic rings. The highest BCUT2D eigenvalue weighted by Crippen LogP contribution is 2.20. The van der Waals surface area contributed by atoms with Crippen molar-refractivity contribution in [1.29, 1.82) is 0 Å². The molecule has 0 aromatic carbocycles. The number of hydrogen-bond acceptors (Lipinski definition) is 8. The number of amides is 1. The molecule has 0 saturated carbocycles. The Hall–Kier alpha value is -1.94. The van der Waals surface area contributed by atoms with E-state index in [4.69, 9.17) is 10.5 Å². The summed E-state index contributed by atoms with van der Waals surface area (Å²) in [4.78, 5) is 20.1. The van der Waals surface area contributed by atoms with E-state index in [2.05, 4.69) is 14.7 Å². The first-order chi connectivity index (χ1) is 9.36. The minimum atomic E-state index is -3.31. The maximum atomic E-state index is 11.5. The molecule has 1 amide bonds. The largest absolute Gasteiger partial charge is 0.411 e. The van der Waals surface area contributed by atoms with Gasteiger partial charge in [0.25, 0.3) is 0 Å². The third-order valence-electron chi connectivity index (χ3n) is 2.67. The van der Waals surface area contributed by atoms with Crippen molar-refractivity contribution in [2.75, 3.05) is 30.9 Å². The average Bonchev–Trinajstić information content (AvgIpc) is 2.37. The third kappa shape index (κ3) is 3.54. The van der Waals surface area contributed by atoms with Crippen molar-refractivity contribution in [2.45, 2.75) is 5.44 Å². The molecule has 110 valence electrons. The van der Waals surface area contributed by atoms with Crippen LogP contribution in [0.5, 0.6) is 5.88 Å². The Kier molecular flexibility index (Phi) is 4.04. The van der Waals surface area contributed by atoms with Gasteiger partial charge in [0.15, 0.2) is 15.3 Å². The van der Waals surface area contributed by atoms with Gasteiger partial charge in [0.05, 0.1) is 13.2 Å². The van der Waals surface area contributed by atoms with Crippen molar-refractivity contribution in [3.8, 4) is 5.88 Å². The summed E-state index contributed by atoms with van der Waals surface area (Å²) in [5, 5.41) is 0. The van der Waals surface area contributed by atoms with Crippen molar-refractivity contribution < 1.29 is 22.7 Å². The van der Waals surface area contributed by atoms with Gasteiger partial charge in [0.1, 0.15) is 12.1 Å². The first-order valence-electron chi connectivity index (χ1n) is 5.71. The smallest absolute Gasteiger partial charge is 0.391 e. The third-order valence-corrected chi connectivity index (χ3v) is 3.91. The molecule has 0 bridgehead atoms. The van der Waals surface area contributed by atoms with E-state index in [1.807, 2.05) is 0 Å². The predicted molar refractivity (Wildman–Crippen MR) is 69.0 cm³/mol. The van der Waals surface area contributed by atoms with Crippen molar-refractivity contribution in [3.05, 3.63) is 12.4 Å². The number of aromatic nitrogens is 2. The van der Waals surface area contributed by atoms with Gasteiger partial charge in [-0.1, -0.05) is 0 Å². The quantitative estimate of drug-likeness (QED) is 0.764. The zero-order valence-corrected chi connectivity index (χ0v) is 11.5. The second kappa shape index (κ2) is 5.59. The Balaban J connectivity index is 2.16. The number of nitrogens with zero attached hydrogens (tertiary/aromatic N) is 3. The molecule has 10 heteroatoms. The molecule has 2 N–H and O–H groups in total. The van der Waals surface area contributed by atoms with E-state index in [0.717, 1.165) is 6.26 Å². The van der Waals surface area contributed by atoms with Gasteiger partial charge < -0.3 is 20.1 Å². The van der Waals surface area contributed by atoms with Crippen LogP contribution in [0.15, 0.2) is 12.4 Å². The fourth-order valence-corrected chi connectivity index (χ4v) is 2.54. The summed E-state index contributed by atoms with van der Waals surface area (Å²) in [5.74, 6) is 0.443. The van der Waals surface area contributed by atoms with E-state index >= 15 is 0 Å². The van der Waals surface area contributed by atoms with E-state index in [1.54, 1.807) is 4.90 Å². The maximum Gasteiger partial charge on any atom is 0.411 e. The Morgan fingerprint density at radius 3 is 2.95 bits per heavy atom. The summed E-state index contributed by atoms with van der Waals surface area (Å²) >= 11 is 0. The van der Waals surface area contributed by atoms with Gasteiger partial charge in [-0.3, -0.25) is 0 Å². The van der Waals surface area contributed by atoms with E-state index < -0.39 is 21.4 Å².